The molecule has 2 aromatic rings. The number of carbonyl (C=O) groups excluding carboxylic acids is 1. The summed E-state index contributed by atoms with van der Waals surface area (Å²) in [6.45, 7) is 3.07. The van der Waals surface area contributed by atoms with Crippen LogP contribution in [0.4, 0.5) is 10.1 Å². The fraction of sp³-hybridized carbons (Fsp3) is 0.350. The maximum Gasteiger partial charge on any atom is 0.243 e. The first-order chi connectivity index (χ1) is 13.4. The van der Waals surface area contributed by atoms with Gasteiger partial charge >= 0.3 is 0 Å². The van der Waals surface area contributed by atoms with Gasteiger partial charge in [0.15, 0.2) is 0 Å². The minimum absolute atomic E-state index is 0.00148. The van der Waals surface area contributed by atoms with E-state index in [9.17, 15) is 17.6 Å². The fourth-order valence-corrected chi connectivity index (χ4v) is 5.21. The number of anilines is 1. The molecule has 0 N–H and O–H groups in total. The van der Waals surface area contributed by atoms with Crippen molar-refractivity contribution in [3.8, 4) is 0 Å². The molecule has 28 heavy (non-hydrogen) atoms. The summed E-state index contributed by atoms with van der Waals surface area (Å²) < 4.78 is 39.7. The van der Waals surface area contributed by atoms with E-state index in [0.29, 0.717) is 13.1 Å². The van der Waals surface area contributed by atoms with Crippen LogP contribution >= 0.6 is 0 Å². The average Bonchev–Trinajstić information content (AvgIpc) is 2.67. The highest BCUT2D eigenvalue weighted by atomic mass is 32.2. The highest BCUT2D eigenvalue weighted by molar-refractivity contribution is 7.89. The molecule has 0 aromatic heterocycles. The lowest BCUT2D eigenvalue weighted by molar-refractivity contribution is -0.139. The van der Waals surface area contributed by atoms with Crippen molar-refractivity contribution in [2.75, 3.05) is 44.2 Å². The van der Waals surface area contributed by atoms with Crippen LogP contribution < -0.4 is 4.90 Å². The zero-order valence-corrected chi connectivity index (χ0v) is 16.2. The first-order valence-electron chi connectivity index (χ1n) is 9.29. The molecule has 0 saturated carbocycles. The van der Waals surface area contributed by atoms with Crippen LogP contribution in [-0.4, -0.2) is 62.8 Å². The largest absolute Gasteiger partial charge is 0.368 e. The van der Waals surface area contributed by atoms with Gasteiger partial charge in [-0.25, -0.2) is 12.8 Å². The Morgan fingerprint density at radius 2 is 1.61 bits per heavy atom. The number of hydrogen-bond donors (Lipinski definition) is 0. The second-order valence-electron chi connectivity index (χ2n) is 7.12. The molecule has 2 heterocycles. The predicted molar refractivity (Wildman–Crippen MR) is 104 cm³/mol. The highest BCUT2D eigenvalue weighted by Gasteiger charge is 2.42. The number of amides is 1. The van der Waals surface area contributed by atoms with Crippen molar-refractivity contribution < 1.29 is 17.6 Å². The zero-order valence-electron chi connectivity index (χ0n) is 15.4. The summed E-state index contributed by atoms with van der Waals surface area (Å²) in [6.07, 6.45) is 0. The van der Waals surface area contributed by atoms with Gasteiger partial charge in [-0.2, -0.15) is 4.31 Å². The Balaban J connectivity index is 1.32. The van der Waals surface area contributed by atoms with Crippen LogP contribution in [0.5, 0.6) is 0 Å². The second-order valence-corrected chi connectivity index (χ2v) is 9.06. The Labute approximate surface area is 164 Å². The maximum absolute atomic E-state index is 13.3. The molecule has 0 atom stereocenters. The van der Waals surface area contributed by atoms with Gasteiger partial charge in [-0.1, -0.05) is 24.3 Å². The summed E-state index contributed by atoms with van der Waals surface area (Å²) in [5.41, 5.74) is 1.14. The minimum atomic E-state index is -3.75. The van der Waals surface area contributed by atoms with E-state index in [1.54, 1.807) is 0 Å². The first kappa shape index (κ1) is 18.9. The summed E-state index contributed by atoms with van der Waals surface area (Å²) in [5.74, 6) is -0.921. The van der Waals surface area contributed by atoms with E-state index >= 15 is 0 Å². The van der Waals surface area contributed by atoms with Crippen LogP contribution in [0.1, 0.15) is 0 Å². The van der Waals surface area contributed by atoms with Crippen molar-refractivity contribution in [3.05, 3.63) is 60.4 Å². The van der Waals surface area contributed by atoms with Gasteiger partial charge in [0.2, 0.25) is 15.9 Å². The summed E-state index contributed by atoms with van der Waals surface area (Å²) in [4.78, 5) is 16.7. The van der Waals surface area contributed by atoms with E-state index in [2.05, 4.69) is 17.0 Å². The van der Waals surface area contributed by atoms with Gasteiger partial charge in [0, 0.05) is 45.0 Å². The fourth-order valence-electron chi connectivity index (χ4n) is 3.65. The number of hydrogen-bond acceptors (Lipinski definition) is 4. The molecule has 1 amide bonds. The van der Waals surface area contributed by atoms with Gasteiger partial charge in [-0.3, -0.25) is 4.79 Å². The highest BCUT2D eigenvalue weighted by Crippen LogP contribution is 2.27. The van der Waals surface area contributed by atoms with Crippen molar-refractivity contribution in [1.82, 2.24) is 9.21 Å². The molecule has 0 unspecified atom stereocenters. The van der Waals surface area contributed by atoms with Crippen molar-refractivity contribution in [2.24, 2.45) is 5.92 Å². The third kappa shape index (κ3) is 3.62. The molecule has 6 nitrogen and oxygen atoms in total. The molecule has 0 bridgehead atoms. The van der Waals surface area contributed by atoms with E-state index in [0.717, 1.165) is 24.8 Å². The van der Waals surface area contributed by atoms with Crippen molar-refractivity contribution >= 4 is 21.6 Å². The van der Waals surface area contributed by atoms with Gasteiger partial charge in [0.25, 0.3) is 0 Å². The van der Waals surface area contributed by atoms with Crippen molar-refractivity contribution in [3.63, 3.8) is 0 Å². The Morgan fingerprint density at radius 1 is 0.929 bits per heavy atom. The van der Waals surface area contributed by atoms with Crippen LogP contribution in [0.15, 0.2) is 59.5 Å². The Bertz CT molecular complexity index is 954. The lowest BCUT2D eigenvalue weighted by Crippen LogP contribution is -2.59. The van der Waals surface area contributed by atoms with Gasteiger partial charge in [0.1, 0.15) is 5.82 Å². The molecule has 0 spiro atoms. The Morgan fingerprint density at radius 3 is 2.25 bits per heavy atom. The molecule has 0 radical (unpaired) electrons. The van der Waals surface area contributed by atoms with Crippen molar-refractivity contribution in [2.45, 2.75) is 4.90 Å². The predicted octanol–water partition coefficient (Wildman–Crippen LogP) is 1.79. The van der Waals surface area contributed by atoms with E-state index in [-0.39, 0.29) is 29.8 Å². The average molecular weight is 403 g/mol. The molecule has 8 heteroatoms. The van der Waals surface area contributed by atoms with Gasteiger partial charge < -0.3 is 9.80 Å². The molecule has 2 aromatic carbocycles. The number of piperazine rings is 1. The minimum Gasteiger partial charge on any atom is -0.368 e. The molecule has 0 aliphatic carbocycles. The smallest absolute Gasteiger partial charge is 0.243 e. The monoisotopic (exact) mass is 403 g/mol. The molecule has 2 aliphatic rings. The molecule has 2 fully saturated rings. The number of sulfonamides is 1. The lowest BCUT2D eigenvalue weighted by atomic mass is 10.0. The van der Waals surface area contributed by atoms with E-state index in [1.165, 1.54) is 22.5 Å². The van der Waals surface area contributed by atoms with Gasteiger partial charge in [0.05, 0.1) is 10.8 Å². The van der Waals surface area contributed by atoms with E-state index < -0.39 is 15.8 Å². The quantitative estimate of drug-likeness (QED) is 0.781. The van der Waals surface area contributed by atoms with E-state index in [1.807, 2.05) is 23.1 Å². The summed E-state index contributed by atoms with van der Waals surface area (Å²) in [6, 6.07) is 15.0. The third-order valence-electron chi connectivity index (χ3n) is 5.34. The van der Waals surface area contributed by atoms with Crippen molar-refractivity contribution in [1.29, 1.82) is 0 Å². The lowest BCUT2D eigenvalue weighted by Gasteiger charge is -2.42. The second kappa shape index (κ2) is 7.52. The Kier molecular flexibility index (Phi) is 5.07. The molecule has 148 valence electrons. The van der Waals surface area contributed by atoms with Crippen LogP contribution in [-0.2, 0) is 14.8 Å². The van der Waals surface area contributed by atoms with Crippen LogP contribution in [0.2, 0.25) is 0 Å². The number of halogens is 1. The molecular formula is C20H22FN3O3S. The van der Waals surface area contributed by atoms with Gasteiger partial charge in [-0.15, -0.1) is 0 Å². The first-order valence-corrected chi connectivity index (χ1v) is 10.7. The van der Waals surface area contributed by atoms with Crippen LogP contribution in [0, 0.1) is 11.7 Å². The summed E-state index contributed by atoms with van der Waals surface area (Å²) in [7, 11) is -3.75. The number of rotatable bonds is 4. The number of benzene rings is 2. The summed E-state index contributed by atoms with van der Waals surface area (Å²) in [5, 5.41) is 0. The van der Waals surface area contributed by atoms with Crippen LogP contribution in [0.3, 0.4) is 0 Å². The van der Waals surface area contributed by atoms with Crippen LogP contribution in [0.25, 0.3) is 0 Å². The summed E-state index contributed by atoms with van der Waals surface area (Å²) >= 11 is 0. The van der Waals surface area contributed by atoms with E-state index in [4.69, 9.17) is 0 Å². The molecular weight excluding hydrogens is 381 g/mol. The molecule has 4 rings (SSSR count). The number of nitrogens with zero attached hydrogens (tertiary/aromatic N) is 3. The molecule has 2 aliphatic heterocycles. The Hall–Kier alpha value is -2.45. The normalized spacial score (nSPS) is 18.8. The standard InChI is InChI=1S/C20H22FN3O3S/c21-17-5-4-8-19(13-17)28(26,27)24-14-16(15-24)20(25)23-11-9-22(10-12-23)18-6-2-1-3-7-18/h1-8,13,16H,9-12,14-15H2. The zero-order chi connectivity index (χ0) is 19.7. The third-order valence-corrected chi connectivity index (χ3v) is 7.17. The molecule has 2 saturated heterocycles. The number of para-hydroxylation sites is 1. The maximum atomic E-state index is 13.3. The topological polar surface area (TPSA) is 60.9 Å². The number of carbonyl (C=O) groups is 1. The van der Waals surface area contributed by atoms with Gasteiger partial charge in [-0.05, 0) is 30.3 Å². The SMILES string of the molecule is O=C(C1CN(S(=O)(=O)c2cccc(F)c2)C1)N1CCN(c2ccccc2)CC1.